The van der Waals surface area contributed by atoms with Gasteiger partial charge in [-0.3, -0.25) is 4.79 Å². The number of carbonyl (C=O) groups excluding carboxylic acids is 1. The fraction of sp³-hybridized carbons (Fsp3) is 0.350. The Morgan fingerprint density at radius 3 is 2.12 bits per heavy atom. The van der Waals surface area contributed by atoms with E-state index in [2.05, 4.69) is 29.2 Å². The molecule has 2 aromatic rings. The van der Waals surface area contributed by atoms with E-state index in [9.17, 15) is 4.79 Å². The molecule has 1 amide bonds. The lowest BCUT2D eigenvalue weighted by molar-refractivity contribution is -0.129. The lowest BCUT2D eigenvalue weighted by atomic mass is 9.90. The van der Waals surface area contributed by atoms with Gasteiger partial charge in [0, 0.05) is 32.9 Å². The van der Waals surface area contributed by atoms with Crippen molar-refractivity contribution in [3.8, 4) is 0 Å². The largest absolute Gasteiger partial charge is 0.378 e. The maximum absolute atomic E-state index is 12.7. The minimum Gasteiger partial charge on any atom is -0.378 e. The summed E-state index contributed by atoms with van der Waals surface area (Å²) in [6.07, 6.45) is 0. The third-order valence-electron chi connectivity index (χ3n) is 4.42. The molecule has 0 spiro atoms. The first-order valence-electron chi connectivity index (χ1n) is 8.35. The van der Waals surface area contributed by atoms with E-state index in [-0.39, 0.29) is 11.8 Å². The zero-order chi connectivity index (χ0) is 16.9. The fourth-order valence-electron chi connectivity index (χ4n) is 3.08. The van der Waals surface area contributed by atoms with Crippen LogP contribution >= 0.6 is 0 Å². The molecule has 1 aliphatic heterocycles. The number of anilines is 1. The van der Waals surface area contributed by atoms with Gasteiger partial charge in [0.15, 0.2) is 0 Å². The summed E-state index contributed by atoms with van der Waals surface area (Å²) in [7, 11) is 3.61. The molecule has 4 heteroatoms. The summed E-state index contributed by atoms with van der Waals surface area (Å²) in [5.41, 5.74) is 3.23. The van der Waals surface area contributed by atoms with Crippen LogP contribution in [0.3, 0.4) is 0 Å². The number of benzene rings is 2. The Hall–Kier alpha value is -2.33. The number of rotatable bonds is 4. The van der Waals surface area contributed by atoms with Crippen LogP contribution in [0.25, 0.3) is 0 Å². The Morgan fingerprint density at radius 1 is 0.958 bits per heavy atom. The molecular weight excluding hydrogens is 300 g/mol. The Morgan fingerprint density at radius 2 is 1.54 bits per heavy atom. The number of amides is 1. The molecule has 3 rings (SSSR count). The van der Waals surface area contributed by atoms with Gasteiger partial charge in [-0.1, -0.05) is 42.5 Å². The van der Waals surface area contributed by atoms with Gasteiger partial charge in [0.1, 0.15) is 0 Å². The Labute approximate surface area is 143 Å². The van der Waals surface area contributed by atoms with Crippen molar-refractivity contribution in [3.05, 3.63) is 65.7 Å². The van der Waals surface area contributed by atoms with Crippen LogP contribution in [0.1, 0.15) is 17.0 Å². The first kappa shape index (κ1) is 16.5. The number of nitrogens with zero attached hydrogens (tertiary/aromatic N) is 2. The Balaban J connectivity index is 1.89. The minimum absolute atomic E-state index is 0.0975. The molecule has 0 aromatic heterocycles. The lowest BCUT2D eigenvalue weighted by Crippen LogP contribution is -2.36. The van der Waals surface area contributed by atoms with E-state index in [1.807, 2.05) is 30.3 Å². The molecule has 0 bridgehead atoms. The summed E-state index contributed by atoms with van der Waals surface area (Å²) in [4.78, 5) is 16.7. The first-order valence-corrected chi connectivity index (χ1v) is 8.35. The second-order valence-corrected chi connectivity index (χ2v) is 6.27. The van der Waals surface area contributed by atoms with Crippen LogP contribution < -0.4 is 4.90 Å². The molecule has 0 saturated carbocycles. The standard InChI is InChI=1S/C20H24N2O2/c1-21(2)20(23)19(16-6-4-3-5-7-16)17-8-10-18(11-9-17)22-12-14-24-15-13-22/h3-11,19H,12-15H2,1-2H3. The molecule has 2 aromatic carbocycles. The Kier molecular flexibility index (Phi) is 5.16. The Bertz CT molecular complexity index is 662. The van der Waals surface area contributed by atoms with Gasteiger partial charge in [0.25, 0.3) is 0 Å². The monoisotopic (exact) mass is 324 g/mol. The number of carbonyl (C=O) groups is 1. The highest BCUT2D eigenvalue weighted by Crippen LogP contribution is 2.28. The molecule has 1 aliphatic rings. The molecule has 1 unspecified atom stereocenters. The van der Waals surface area contributed by atoms with Crippen LogP contribution in [-0.4, -0.2) is 51.2 Å². The van der Waals surface area contributed by atoms with Gasteiger partial charge in [-0.15, -0.1) is 0 Å². The molecule has 126 valence electrons. The van der Waals surface area contributed by atoms with Crippen molar-refractivity contribution in [3.63, 3.8) is 0 Å². The van der Waals surface area contributed by atoms with Crippen molar-refractivity contribution >= 4 is 11.6 Å². The van der Waals surface area contributed by atoms with Gasteiger partial charge in [0.05, 0.1) is 19.1 Å². The van der Waals surface area contributed by atoms with Crippen molar-refractivity contribution in [1.29, 1.82) is 0 Å². The minimum atomic E-state index is -0.264. The van der Waals surface area contributed by atoms with E-state index in [4.69, 9.17) is 4.74 Å². The highest BCUT2D eigenvalue weighted by molar-refractivity contribution is 5.87. The molecule has 0 N–H and O–H groups in total. The molecule has 0 radical (unpaired) electrons. The first-order chi connectivity index (χ1) is 11.7. The maximum atomic E-state index is 12.7. The van der Waals surface area contributed by atoms with Crippen molar-refractivity contribution in [2.24, 2.45) is 0 Å². The highest BCUT2D eigenvalue weighted by atomic mass is 16.5. The third-order valence-corrected chi connectivity index (χ3v) is 4.42. The lowest BCUT2D eigenvalue weighted by Gasteiger charge is -2.29. The molecule has 1 saturated heterocycles. The van der Waals surface area contributed by atoms with Gasteiger partial charge < -0.3 is 14.5 Å². The quantitative estimate of drug-likeness (QED) is 0.867. The molecule has 24 heavy (non-hydrogen) atoms. The summed E-state index contributed by atoms with van der Waals surface area (Å²) in [6, 6.07) is 18.3. The topological polar surface area (TPSA) is 32.8 Å². The van der Waals surface area contributed by atoms with Crippen molar-refractivity contribution in [1.82, 2.24) is 4.90 Å². The van der Waals surface area contributed by atoms with Crippen LogP contribution in [0.4, 0.5) is 5.69 Å². The van der Waals surface area contributed by atoms with E-state index < -0.39 is 0 Å². The predicted molar refractivity (Wildman–Crippen MR) is 96.5 cm³/mol. The average Bonchev–Trinajstić information content (AvgIpc) is 2.64. The van der Waals surface area contributed by atoms with E-state index in [0.29, 0.717) is 0 Å². The van der Waals surface area contributed by atoms with E-state index in [1.165, 1.54) is 5.69 Å². The molecule has 1 fully saturated rings. The smallest absolute Gasteiger partial charge is 0.234 e. The molecule has 1 heterocycles. The zero-order valence-electron chi connectivity index (χ0n) is 14.3. The second-order valence-electron chi connectivity index (χ2n) is 6.27. The number of hydrogen-bond acceptors (Lipinski definition) is 3. The summed E-state index contributed by atoms with van der Waals surface area (Å²) < 4.78 is 5.41. The van der Waals surface area contributed by atoms with Crippen molar-refractivity contribution in [2.75, 3.05) is 45.3 Å². The van der Waals surface area contributed by atoms with Crippen molar-refractivity contribution in [2.45, 2.75) is 5.92 Å². The number of hydrogen-bond donors (Lipinski definition) is 0. The van der Waals surface area contributed by atoms with Gasteiger partial charge in [0.2, 0.25) is 5.91 Å². The van der Waals surface area contributed by atoms with E-state index >= 15 is 0 Å². The molecule has 4 nitrogen and oxygen atoms in total. The fourth-order valence-corrected chi connectivity index (χ4v) is 3.08. The van der Waals surface area contributed by atoms with Gasteiger partial charge >= 0.3 is 0 Å². The van der Waals surface area contributed by atoms with Gasteiger partial charge in [-0.25, -0.2) is 0 Å². The van der Waals surface area contributed by atoms with Crippen molar-refractivity contribution < 1.29 is 9.53 Å². The van der Waals surface area contributed by atoms with E-state index in [0.717, 1.165) is 37.4 Å². The number of morpholine rings is 1. The van der Waals surface area contributed by atoms with E-state index in [1.54, 1.807) is 19.0 Å². The van der Waals surface area contributed by atoms with Crippen LogP contribution in [0.5, 0.6) is 0 Å². The summed E-state index contributed by atoms with van der Waals surface area (Å²) in [6.45, 7) is 3.37. The highest BCUT2D eigenvalue weighted by Gasteiger charge is 2.24. The summed E-state index contributed by atoms with van der Waals surface area (Å²) >= 11 is 0. The van der Waals surface area contributed by atoms with Crippen LogP contribution in [-0.2, 0) is 9.53 Å². The predicted octanol–water partition coefficient (Wildman–Crippen LogP) is 2.74. The average molecular weight is 324 g/mol. The molecule has 0 aliphatic carbocycles. The maximum Gasteiger partial charge on any atom is 0.234 e. The SMILES string of the molecule is CN(C)C(=O)C(c1ccccc1)c1ccc(N2CCOCC2)cc1. The number of ether oxygens (including phenoxy) is 1. The number of likely N-dealkylation sites (N-methyl/N-ethyl adjacent to an activating group) is 1. The zero-order valence-corrected chi connectivity index (χ0v) is 14.3. The van der Waals surface area contributed by atoms with Crippen LogP contribution in [0.2, 0.25) is 0 Å². The summed E-state index contributed by atoms with van der Waals surface area (Å²) in [5, 5.41) is 0. The molecule has 1 atom stereocenters. The summed E-state index contributed by atoms with van der Waals surface area (Å²) in [5.74, 6) is -0.166. The second kappa shape index (κ2) is 7.49. The third kappa shape index (κ3) is 3.60. The van der Waals surface area contributed by atoms with Crippen LogP contribution in [0.15, 0.2) is 54.6 Å². The van der Waals surface area contributed by atoms with Gasteiger partial charge in [-0.05, 0) is 23.3 Å². The molecular formula is C20H24N2O2. The normalized spacial score (nSPS) is 15.8. The van der Waals surface area contributed by atoms with Crippen LogP contribution in [0, 0.1) is 0 Å². The van der Waals surface area contributed by atoms with Gasteiger partial charge in [-0.2, -0.15) is 0 Å².